The van der Waals surface area contributed by atoms with E-state index in [9.17, 15) is 4.39 Å². The second-order valence-electron chi connectivity index (χ2n) is 6.26. The molecule has 25 heavy (non-hydrogen) atoms. The van der Waals surface area contributed by atoms with Gasteiger partial charge in [0.15, 0.2) is 0 Å². The molecule has 0 saturated heterocycles. The Kier molecular flexibility index (Phi) is 5.67. The van der Waals surface area contributed by atoms with Gasteiger partial charge in [-0.3, -0.25) is 0 Å². The van der Waals surface area contributed by atoms with Crippen molar-refractivity contribution in [1.82, 2.24) is 0 Å². The van der Waals surface area contributed by atoms with Gasteiger partial charge in [0.2, 0.25) is 0 Å². The molecule has 3 rings (SSSR count). The van der Waals surface area contributed by atoms with Crippen LogP contribution in [0.15, 0.2) is 72.8 Å². The molecule has 1 atom stereocenters. The van der Waals surface area contributed by atoms with Gasteiger partial charge in [0.25, 0.3) is 0 Å². The van der Waals surface area contributed by atoms with Gasteiger partial charge in [-0.1, -0.05) is 91.3 Å². The van der Waals surface area contributed by atoms with E-state index in [0.717, 1.165) is 12.0 Å². The van der Waals surface area contributed by atoms with Crippen molar-refractivity contribution in [3.8, 4) is 0 Å². The first-order valence-corrected chi connectivity index (χ1v) is 8.76. The predicted octanol–water partition coefficient (Wildman–Crippen LogP) is 7.00. The molecular formula is C23H20ClF. The maximum Gasteiger partial charge on any atom is 0.131 e. The fraction of sp³-hybridized carbons (Fsp3) is 0.130. The minimum atomic E-state index is -0.308. The van der Waals surface area contributed by atoms with Gasteiger partial charge in [0, 0.05) is 10.6 Å². The van der Waals surface area contributed by atoms with Gasteiger partial charge in [-0.2, -0.15) is 0 Å². The van der Waals surface area contributed by atoms with Crippen LogP contribution >= 0.6 is 11.6 Å². The molecule has 2 heteroatoms. The molecule has 0 fully saturated rings. The summed E-state index contributed by atoms with van der Waals surface area (Å²) < 4.78 is 13.8. The number of benzene rings is 3. The smallest absolute Gasteiger partial charge is 0.131 e. The molecule has 0 amide bonds. The normalized spacial score (nSPS) is 12.4. The van der Waals surface area contributed by atoms with Crippen LogP contribution in [-0.4, -0.2) is 0 Å². The molecule has 3 aromatic carbocycles. The Morgan fingerprint density at radius 2 is 1.64 bits per heavy atom. The molecule has 0 heterocycles. The maximum absolute atomic E-state index is 13.8. The lowest BCUT2D eigenvalue weighted by molar-refractivity contribution is 0.625. The van der Waals surface area contributed by atoms with Crippen molar-refractivity contribution in [3.05, 3.63) is 106 Å². The van der Waals surface area contributed by atoms with E-state index in [1.807, 2.05) is 12.1 Å². The first-order chi connectivity index (χ1) is 12.1. The number of hydrogen-bond donors (Lipinski definition) is 0. The summed E-state index contributed by atoms with van der Waals surface area (Å²) in [6.45, 7) is 2.24. The van der Waals surface area contributed by atoms with Crippen LogP contribution in [0.5, 0.6) is 0 Å². The third-order valence-corrected chi connectivity index (χ3v) is 4.54. The fourth-order valence-electron chi connectivity index (χ4n) is 2.84. The highest BCUT2D eigenvalue weighted by Crippen LogP contribution is 2.21. The summed E-state index contributed by atoms with van der Waals surface area (Å²) in [7, 11) is 0. The van der Waals surface area contributed by atoms with Crippen LogP contribution in [0.3, 0.4) is 0 Å². The van der Waals surface area contributed by atoms with Gasteiger partial charge < -0.3 is 0 Å². The van der Waals surface area contributed by atoms with Gasteiger partial charge in [-0.05, 0) is 41.2 Å². The summed E-state index contributed by atoms with van der Waals surface area (Å²) in [5.41, 5.74) is 4.23. The zero-order valence-corrected chi connectivity index (χ0v) is 14.9. The molecule has 3 aromatic rings. The van der Waals surface area contributed by atoms with E-state index in [4.69, 9.17) is 11.6 Å². The average Bonchev–Trinajstić information content (AvgIpc) is 2.63. The highest BCUT2D eigenvalue weighted by Gasteiger charge is 2.06. The molecule has 0 bridgehead atoms. The lowest BCUT2D eigenvalue weighted by Gasteiger charge is -2.12. The Balaban J connectivity index is 1.67. The second kappa shape index (κ2) is 8.13. The maximum atomic E-state index is 13.8. The monoisotopic (exact) mass is 350 g/mol. The van der Waals surface area contributed by atoms with Gasteiger partial charge >= 0.3 is 0 Å². The molecule has 0 aliphatic carbocycles. The van der Waals surface area contributed by atoms with Crippen molar-refractivity contribution in [2.75, 3.05) is 0 Å². The molecule has 126 valence electrons. The first kappa shape index (κ1) is 17.4. The van der Waals surface area contributed by atoms with E-state index in [1.165, 1.54) is 17.2 Å². The van der Waals surface area contributed by atoms with Crippen LogP contribution in [0.4, 0.5) is 4.39 Å². The summed E-state index contributed by atoms with van der Waals surface area (Å²) in [5.74, 6) is 0.169. The van der Waals surface area contributed by atoms with Crippen LogP contribution in [0.2, 0.25) is 5.02 Å². The Morgan fingerprint density at radius 3 is 2.32 bits per heavy atom. The zero-order valence-electron chi connectivity index (χ0n) is 14.1. The third kappa shape index (κ3) is 4.80. The highest BCUT2D eigenvalue weighted by atomic mass is 35.5. The van der Waals surface area contributed by atoms with Crippen molar-refractivity contribution >= 4 is 23.8 Å². The minimum absolute atomic E-state index is 0.308. The first-order valence-electron chi connectivity index (χ1n) is 8.39. The molecule has 0 aliphatic heterocycles. The predicted molar refractivity (Wildman–Crippen MR) is 105 cm³/mol. The summed E-state index contributed by atoms with van der Waals surface area (Å²) in [5, 5.41) is 0.409. The lowest BCUT2D eigenvalue weighted by Crippen LogP contribution is -1.98. The number of halogens is 2. The number of rotatable bonds is 5. The summed E-state index contributed by atoms with van der Waals surface area (Å²) >= 11 is 5.77. The van der Waals surface area contributed by atoms with E-state index in [0.29, 0.717) is 16.5 Å². The fourth-order valence-corrected chi connectivity index (χ4v) is 3.00. The summed E-state index contributed by atoms with van der Waals surface area (Å²) in [6, 6.07) is 23.7. The standard InChI is InChI=1S/C23H20ClF/c1-17(20-5-3-2-4-6-20)15-19-9-7-18(8-10-19)11-12-21-13-14-22(24)16-23(21)25/h2-14,16-17H,15H2,1H3/t17-/m0/s1. The Bertz CT molecular complexity index is 851. The second-order valence-corrected chi connectivity index (χ2v) is 6.69. The van der Waals surface area contributed by atoms with E-state index in [2.05, 4.69) is 55.5 Å². The van der Waals surface area contributed by atoms with E-state index in [1.54, 1.807) is 18.2 Å². The third-order valence-electron chi connectivity index (χ3n) is 4.31. The summed E-state index contributed by atoms with van der Waals surface area (Å²) in [6.07, 6.45) is 4.68. The molecular weight excluding hydrogens is 331 g/mol. The van der Waals surface area contributed by atoms with Gasteiger partial charge in [0.1, 0.15) is 5.82 Å². The molecule has 0 aliphatic rings. The summed E-state index contributed by atoms with van der Waals surface area (Å²) in [4.78, 5) is 0. The lowest BCUT2D eigenvalue weighted by atomic mass is 9.93. The average molecular weight is 351 g/mol. The molecule has 0 N–H and O–H groups in total. The molecule has 0 nitrogen and oxygen atoms in total. The van der Waals surface area contributed by atoms with Crippen LogP contribution in [0.25, 0.3) is 12.2 Å². The van der Waals surface area contributed by atoms with E-state index < -0.39 is 0 Å². The van der Waals surface area contributed by atoms with Gasteiger partial charge in [-0.15, -0.1) is 0 Å². The Morgan fingerprint density at radius 1 is 0.920 bits per heavy atom. The largest absolute Gasteiger partial charge is 0.206 e. The highest BCUT2D eigenvalue weighted by molar-refractivity contribution is 6.30. The van der Waals surface area contributed by atoms with Crippen molar-refractivity contribution in [1.29, 1.82) is 0 Å². The van der Waals surface area contributed by atoms with Crippen LogP contribution in [0, 0.1) is 5.82 Å². The molecule has 0 saturated carbocycles. The topological polar surface area (TPSA) is 0 Å². The SMILES string of the molecule is C[C@@H](Cc1ccc(C=Cc2ccc(Cl)cc2F)cc1)c1ccccc1. The molecule has 0 spiro atoms. The minimum Gasteiger partial charge on any atom is -0.206 e. The van der Waals surface area contributed by atoms with Crippen molar-refractivity contribution < 1.29 is 4.39 Å². The quantitative estimate of drug-likeness (QED) is 0.435. The van der Waals surface area contributed by atoms with Crippen LogP contribution in [0.1, 0.15) is 35.1 Å². The van der Waals surface area contributed by atoms with Crippen LogP contribution < -0.4 is 0 Å². The van der Waals surface area contributed by atoms with Gasteiger partial charge in [-0.25, -0.2) is 4.39 Å². The van der Waals surface area contributed by atoms with Crippen molar-refractivity contribution in [2.24, 2.45) is 0 Å². The van der Waals surface area contributed by atoms with Crippen molar-refractivity contribution in [3.63, 3.8) is 0 Å². The Hall–Kier alpha value is -2.38. The zero-order chi connectivity index (χ0) is 17.6. The molecule has 0 aromatic heterocycles. The molecule has 0 radical (unpaired) electrons. The molecule has 0 unspecified atom stereocenters. The van der Waals surface area contributed by atoms with Crippen molar-refractivity contribution in [2.45, 2.75) is 19.3 Å². The van der Waals surface area contributed by atoms with Crippen LogP contribution in [-0.2, 0) is 6.42 Å². The van der Waals surface area contributed by atoms with Gasteiger partial charge in [0.05, 0.1) is 0 Å². The van der Waals surface area contributed by atoms with E-state index >= 15 is 0 Å². The van der Waals surface area contributed by atoms with E-state index in [-0.39, 0.29) is 5.82 Å². The Labute approximate surface area is 153 Å². The number of hydrogen-bond acceptors (Lipinski definition) is 0.